The van der Waals surface area contributed by atoms with Gasteiger partial charge in [-0.05, 0) is 92.9 Å². The standard InChI is InChI=1S/C31H35Cl2N5O2/c1-20-23(17-34-36(20)2)18-37-13-10-31(11-14-37)12-15-38(19-31)30(40)22-7-6-21-8-9-27(25(21)16-22)35-29(39)24-4-3-5-26(32)28(24)33/h3-7,16-17,27H,8-15,18-19H2,1-2H3,(H,35,39). The second-order valence-corrected chi connectivity index (χ2v) is 12.5. The Morgan fingerprint density at radius 3 is 2.62 bits per heavy atom. The van der Waals surface area contributed by atoms with Gasteiger partial charge in [0.05, 0.1) is 27.8 Å². The van der Waals surface area contributed by atoms with Crippen molar-refractivity contribution in [2.24, 2.45) is 12.5 Å². The van der Waals surface area contributed by atoms with Gasteiger partial charge in [0.25, 0.3) is 11.8 Å². The van der Waals surface area contributed by atoms with Crippen molar-refractivity contribution in [3.63, 3.8) is 0 Å². The number of hydrogen-bond donors (Lipinski definition) is 1. The van der Waals surface area contributed by atoms with Crippen LogP contribution in [0.1, 0.15) is 74.8 Å². The van der Waals surface area contributed by atoms with E-state index in [1.54, 1.807) is 18.2 Å². The summed E-state index contributed by atoms with van der Waals surface area (Å²) in [5.74, 6) is -0.170. The number of nitrogens with zero attached hydrogens (tertiary/aromatic N) is 4. The second kappa shape index (κ2) is 10.8. The molecule has 3 aromatic rings. The highest BCUT2D eigenvalue weighted by atomic mass is 35.5. The molecule has 1 atom stereocenters. The van der Waals surface area contributed by atoms with Gasteiger partial charge in [0.15, 0.2) is 0 Å². The Labute approximate surface area is 245 Å². The maximum Gasteiger partial charge on any atom is 0.253 e. The predicted octanol–water partition coefficient (Wildman–Crippen LogP) is 5.58. The highest BCUT2D eigenvalue weighted by molar-refractivity contribution is 6.43. The van der Waals surface area contributed by atoms with Gasteiger partial charge in [-0.3, -0.25) is 19.2 Å². The number of fused-ring (bicyclic) bond motifs is 1. The molecule has 2 aromatic carbocycles. The lowest BCUT2D eigenvalue weighted by atomic mass is 9.77. The van der Waals surface area contributed by atoms with Gasteiger partial charge in [-0.25, -0.2) is 0 Å². The number of carbonyl (C=O) groups excluding carboxylic acids is 2. The molecule has 2 aliphatic heterocycles. The Balaban J connectivity index is 1.09. The van der Waals surface area contributed by atoms with Crippen LogP contribution in [0, 0.1) is 12.3 Å². The summed E-state index contributed by atoms with van der Waals surface area (Å²) in [5, 5.41) is 8.11. The third-order valence-electron chi connectivity index (χ3n) is 9.35. The summed E-state index contributed by atoms with van der Waals surface area (Å²) < 4.78 is 1.94. The number of amides is 2. The normalized spacial score (nSPS) is 20.2. The fraction of sp³-hybridized carbons (Fsp3) is 0.452. The average molecular weight is 581 g/mol. The topological polar surface area (TPSA) is 70.5 Å². The highest BCUT2D eigenvalue weighted by Gasteiger charge is 2.42. The van der Waals surface area contributed by atoms with Crippen LogP contribution in [0.15, 0.2) is 42.6 Å². The molecule has 0 bridgehead atoms. The van der Waals surface area contributed by atoms with Crippen LogP contribution in [-0.4, -0.2) is 57.6 Å². The minimum absolute atomic E-state index is 0.0861. The van der Waals surface area contributed by atoms with E-state index in [0.717, 1.165) is 70.4 Å². The molecule has 2 amide bonds. The first kappa shape index (κ1) is 27.3. The molecule has 1 spiro atoms. The van der Waals surface area contributed by atoms with Gasteiger partial charge in [0, 0.05) is 43.5 Å². The summed E-state index contributed by atoms with van der Waals surface area (Å²) in [6.45, 7) is 6.77. The molecule has 3 aliphatic rings. The molecule has 1 N–H and O–H groups in total. The van der Waals surface area contributed by atoms with Crippen LogP contribution < -0.4 is 5.32 Å². The van der Waals surface area contributed by atoms with E-state index in [2.05, 4.69) is 22.2 Å². The molecule has 6 rings (SSSR count). The van der Waals surface area contributed by atoms with E-state index < -0.39 is 0 Å². The van der Waals surface area contributed by atoms with Gasteiger partial charge >= 0.3 is 0 Å². The summed E-state index contributed by atoms with van der Waals surface area (Å²) in [4.78, 5) is 31.2. The van der Waals surface area contributed by atoms with E-state index in [4.69, 9.17) is 23.2 Å². The second-order valence-electron chi connectivity index (χ2n) is 11.7. The van der Waals surface area contributed by atoms with Crippen molar-refractivity contribution in [3.8, 4) is 0 Å². The van der Waals surface area contributed by atoms with Crippen LogP contribution in [0.2, 0.25) is 10.0 Å². The average Bonchev–Trinajstić information content (AvgIpc) is 3.65. The van der Waals surface area contributed by atoms with E-state index >= 15 is 0 Å². The van der Waals surface area contributed by atoms with Gasteiger partial charge < -0.3 is 10.2 Å². The van der Waals surface area contributed by atoms with Crippen molar-refractivity contribution in [1.82, 2.24) is 24.9 Å². The molecule has 1 aromatic heterocycles. The number of nitrogens with one attached hydrogen (secondary N) is 1. The molecular formula is C31H35Cl2N5O2. The number of piperidine rings is 1. The smallest absolute Gasteiger partial charge is 0.253 e. The zero-order valence-electron chi connectivity index (χ0n) is 23.1. The van der Waals surface area contributed by atoms with Crippen LogP contribution in [0.4, 0.5) is 0 Å². The molecule has 2 fully saturated rings. The minimum atomic E-state index is -0.256. The monoisotopic (exact) mass is 579 g/mol. The highest BCUT2D eigenvalue weighted by Crippen LogP contribution is 2.41. The minimum Gasteiger partial charge on any atom is -0.345 e. The van der Waals surface area contributed by atoms with Crippen molar-refractivity contribution >= 4 is 35.0 Å². The SMILES string of the molecule is Cc1c(CN2CCC3(CC2)CCN(C(=O)c2ccc4c(c2)C(NC(=O)c2cccc(Cl)c2Cl)CC4)C3)cnn1C. The molecular weight excluding hydrogens is 545 g/mol. The van der Waals surface area contributed by atoms with Crippen molar-refractivity contribution in [2.45, 2.75) is 51.6 Å². The van der Waals surface area contributed by atoms with E-state index in [-0.39, 0.29) is 28.3 Å². The molecule has 40 heavy (non-hydrogen) atoms. The zero-order valence-corrected chi connectivity index (χ0v) is 24.6. The van der Waals surface area contributed by atoms with Crippen LogP contribution in [-0.2, 0) is 20.0 Å². The van der Waals surface area contributed by atoms with Crippen LogP contribution in [0.5, 0.6) is 0 Å². The largest absolute Gasteiger partial charge is 0.345 e. The number of benzene rings is 2. The van der Waals surface area contributed by atoms with Crippen LogP contribution in [0.25, 0.3) is 0 Å². The third-order valence-corrected chi connectivity index (χ3v) is 10.2. The molecule has 210 valence electrons. The number of carbonyl (C=O) groups is 2. The quantitative estimate of drug-likeness (QED) is 0.428. The summed E-state index contributed by atoms with van der Waals surface area (Å²) in [6, 6.07) is 10.9. The predicted molar refractivity (Wildman–Crippen MR) is 157 cm³/mol. The molecule has 9 heteroatoms. The number of halogens is 2. The number of rotatable bonds is 5. The van der Waals surface area contributed by atoms with Gasteiger partial charge in [-0.1, -0.05) is 35.3 Å². The van der Waals surface area contributed by atoms with E-state index in [1.807, 2.05) is 41.0 Å². The van der Waals surface area contributed by atoms with Crippen molar-refractivity contribution in [1.29, 1.82) is 0 Å². The van der Waals surface area contributed by atoms with E-state index in [9.17, 15) is 9.59 Å². The lowest BCUT2D eigenvalue weighted by Gasteiger charge is -2.39. The molecule has 1 aliphatic carbocycles. The summed E-state index contributed by atoms with van der Waals surface area (Å²) >= 11 is 12.4. The molecule has 7 nitrogen and oxygen atoms in total. The van der Waals surface area contributed by atoms with E-state index in [1.165, 1.54) is 16.8 Å². The molecule has 1 unspecified atom stereocenters. The Morgan fingerprint density at radius 2 is 1.88 bits per heavy atom. The summed E-state index contributed by atoms with van der Waals surface area (Å²) in [5.41, 5.74) is 5.98. The molecule has 0 saturated carbocycles. The lowest BCUT2D eigenvalue weighted by molar-refractivity contribution is 0.0713. The summed E-state index contributed by atoms with van der Waals surface area (Å²) in [6.07, 6.45) is 6.91. The van der Waals surface area contributed by atoms with Crippen molar-refractivity contribution in [3.05, 3.63) is 86.2 Å². The van der Waals surface area contributed by atoms with Crippen LogP contribution >= 0.6 is 23.2 Å². The van der Waals surface area contributed by atoms with Crippen molar-refractivity contribution in [2.75, 3.05) is 26.2 Å². The van der Waals surface area contributed by atoms with Crippen LogP contribution in [0.3, 0.4) is 0 Å². The Kier molecular flexibility index (Phi) is 7.40. The molecule has 0 radical (unpaired) electrons. The number of hydrogen-bond acceptors (Lipinski definition) is 4. The number of likely N-dealkylation sites (tertiary alicyclic amines) is 2. The van der Waals surface area contributed by atoms with Gasteiger partial charge in [-0.15, -0.1) is 0 Å². The number of aromatic nitrogens is 2. The van der Waals surface area contributed by atoms with Crippen molar-refractivity contribution < 1.29 is 9.59 Å². The Bertz CT molecular complexity index is 1460. The summed E-state index contributed by atoms with van der Waals surface area (Å²) in [7, 11) is 1.99. The lowest BCUT2D eigenvalue weighted by Crippen LogP contribution is -2.42. The third kappa shape index (κ3) is 5.15. The van der Waals surface area contributed by atoms with Gasteiger partial charge in [0.2, 0.25) is 0 Å². The number of aryl methyl sites for hydroxylation is 2. The maximum absolute atomic E-state index is 13.6. The Morgan fingerprint density at radius 1 is 1.10 bits per heavy atom. The maximum atomic E-state index is 13.6. The Hall–Kier alpha value is -2.87. The molecule has 2 saturated heterocycles. The van der Waals surface area contributed by atoms with E-state index in [0.29, 0.717) is 16.1 Å². The first-order chi connectivity index (χ1) is 19.2. The fourth-order valence-corrected chi connectivity index (χ4v) is 7.01. The fourth-order valence-electron chi connectivity index (χ4n) is 6.63. The first-order valence-electron chi connectivity index (χ1n) is 14.1. The van der Waals surface area contributed by atoms with Gasteiger partial charge in [0.1, 0.15) is 0 Å². The molecule has 3 heterocycles. The zero-order chi connectivity index (χ0) is 28.0. The first-order valence-corrected chi connectivity index (χ1v) is 14.9. The van der Waals surface area contributed by atoms with Gasteiger partial charge in [-0.2, -0.15) is 5.10 Å².